The molecule has 9 nitrogen and oxygen atoms in total. The van der Waals surface area contributed by atoms with Crippen molar-refractivity contribution in [3.8, 4) is 5.75 Å². The fourth-order valence-electron chi connectivity index (χ4n) is 3.57. The van der Waals surface area contributed by atoms with Crippen LogP contribution in [-0.2, 0) is 7.05 Å². The van der Waals surface area contributed by atoms with Gasteiger partial charge in [-0.25, -0.2) is 0 Å². The quantitative estimate of drug-likeness (QED) is 0.410. The molecule has 0 radical (unpaired) electrons. The van der Waals surface area contributed by atoms with Gasteiger partial charge in [-0.3, -0.25) is 24.2 Å². The SMILES string of the molecule is CCC(Nc1c(Nc2c(C)ccc(C(=O)N(C)C)c2O)c(=O)[nH]n(C)c1=O)c1ccccc1. The topological polar surface area (TPSA) is 119 Å². The molecule has 9 heteroatoms. The summed E-state index contributed by atoms with van der Waals surface area (Å²) in [6.45, 7) is 3.70. The van der Waals surface area contributed by atoms with Crippen LogP contribution in [0.2, 0.25) is 0 Å². The lowest BCUT2D eigenvalue weighted by atomic mass is 10.0. The van der Waals surface area contributed by atoms with E-state index in [4.69, 9.17) is 0 Å². The fraction of sp³-hybridized carbons (Fsp3) is 0.292. The molecule has 1 unspecified atom stereocenters. The summed E-state index contributed by atoms with van der Waals surface area (Å²) in [4.78, 5) is 39.7. The molecule has 1 atom stereocenters. The van der Waals surface area contributed by atoms with Gasteiger partial charge >= 0.3 is 0 Å². The maximum Gasteiger partial charge on any atom is 0.290 e. The van der Waals surface area contributed by atoms with Gasteiger partial charge in [0.2, 0.25) is 0 Å². The summed E-state index contributed by atoms with van der Waals surface area (Å²) in [6, 6.07) is 12.6. The highest BCUT2D eigenvalue weighted by Gasteiger charge is 2.22. The average molecular weight is 452 g/mol. The largest absolute Gasteiger partial charge is 0.505 e. The molecule has 0 aliphatic rings. The number of hydrogen-bond donors (Lipinski definition) is 4. The molecule has 0 saturated carbocycles. The number of aromatic hydroxyl groups is 1. The number of aryl methyl sites for hydroxylation is 2. The van der Waals surface area contributed by atoms with E-state index in [2.05, 4.69) is 15.7 Å². The number of benzene rings is 2. The highest BCUT2D eigenvalue weighted by molar-refractivity contribution is 5.99. The standard InChI is InChI=1S/C24H29N5O4/c1-6-17(15-10-8-7-9-11-15)25-20-19(22(31)27-29(5)24(20)33)26-18-14(2)12-13-16(21(18)30)23(32)28(3)4/h7-13,17,25-26,30H,6H2,1-5H3,(H,27,31). The maximum atomic E-state index is 13.0. The first-order valence-corrected chi connectivity index (χ1v) is 10.6. The van der Waals surface area contributed by atoms with E-state index in [-0.39, 0.29) is 40.3 Å². The van der Waals surface area contributed by atoms with Gasteiger partial charge in [-0.2, -0.15) is 0 Å². The summed E-state index contributed by atoms with van der Waals surface area (Å²) in [5, 5.41) is 19.4. The highest BCUT2D eigenvalue weighted by atomic mass is 16.3. The van der Waals surface area contributed by atoms with Crippen molar-refractivity contribution in [2.45, 2.75) is 26.3 Å². The second-order valence-corrected chi connectivity index (χ2v) is 8.05. The zero-order chi connectivity index (χ0) is 24.3. The van der Waals surface area contributed by atoms with E-state index in [9.17, 15) is 19.5 Å². The Hall–Kier alpha value is -4.01. The van der Waals surface area contributed by atoms with Gasteiger partial charge in [0.15, 0.2) is 5.75 Å². The molecular formula is C24H29N5O4. The maximum absolute atomic E-state index is 13.0. The number of carbonyl (C=O) groups excluding carboxylic acids is 1. The third kappa shape index (κ3) is 4.77. The number of phenols is 1. The summed E-state index contributed by atoms with van der Waals surface area (Å²) in [7, 11) is 4.62. The number of carbonyl (C=O) groups is 1. The number of H-pyrrole nitrogens is 1. The van der Waals surface area contributed by atoms with Crippen molar-refractivity contribution in [2.75, 3.05) is 24.7 Å². The van der Waals surface area contributed by atoms with Crippen molar-refractivity contribution in [3.63, 3.8) is 0 Å². The second kappa shape index (κ2) is 9.64. The van der Waals surface area contributed by atoms with E-state index < -0.39 is 11.1 Å². The Morgan fingerprint density at radius 1 is 1.09 bits per heavy atom. The van der Waals surface area contributed by atoms with Crippen LogP contribution in [0.4, 0.5) is 17.1 Å². The number of amides is 1. The van der Waals surface area contributed by atoms with Gasteiger partial charge in [-0.15, -0.1) is 0 Å². The lowest BCUT2D eigenvalue weighted by Gasteiger charge is -2.22. The first-order valence-electron chi connectivity index (χ1n) is 10.6. The van der Waals surface area contributed by atoms with Gasteiger partial charge in [0, 0.05) is 21.1 Å². The summed E-state index contributed by atoms with van der Waals surface area (Å²) in [5.74, 6) is -0.684. The Labute approximate surface area is 191 Å². The number of phenolic OH excluding ortho intramolecular Hbond substituents is 1. The van der Waals surface area contributed by atoms with Crippen molar-refractivity contribution >= 4 is 23.0 Å². The third-order valence-electron chi connectivity index (χ3n) is 5.47. The predicted molar refractivity (Wildman–Crippen MR) is 130 cm³/mol. The lowest BCUT2D eigenvalue weighted by molar-refractivity contribution is 0.0824. The molecule has 0 fully saturated rings. The predicted octanol–water partition coefficient (Wildman–Crippen LogP) is 3.10. The number of hydrogen-bond acceptors (Lipinski definition) is 6. The van der Waals surface area contributed by atoms with Crippen molar-refractivity contribution in [3.05, 3.63) is 79.9 Å². The number of anilines is 3. The van der Waals surface area contributed by atoms with Crippen LogP contribution in [-0.4, -0.2) is 39.8 Å². The van der Waals surface area contributed by atoms with Crippen LogP contribution in [0.25, 0.3) is 0 Å². The highest BCUT2D eigenvalue weighted by Crippen LogP contribution is 2.35. The van der Waals surface area contributed by atoms with E-state index in [1.54, 1.807) is 27.1 Å². The van der Waals surface area contributed by atoms with Crippen molar-refractivity contribution < 1.29 is 9.90 Å². The molecule has 1 heterocycles. The molecule has 1 amide bonds. The van der Waals surface area contributed by atoms with Crippen molar-refractivity contribution in [1.29, 1.82) is 0 Å². The van der Waals surface area contributed by atoms with Gasteiger partial charge in [-0.1, -0.05) is 43.3 Å². The molecule has 0 aliphatic heterocycles. The van der Waals surface area contributed by atoms with Crippen LogP contribution in [0.3, 0.4) is 0 Å². The monoisotopic (exact) mass is 451 g/mol. The van der Waals surface area contributed by atoms with Gasteiger partial charge in [-0.05, 0) is 30.5 Å². The number of aromatic nitrogens is 2. The number of aromatic amines is 1. The van der Waals surface area contributed by atoms with Crippen LogP contribution in [0.1, 0.15) is 40.9 Å². The van der Waals surface area contributed by atoms with Gasteiger partial charge in [0.1, 0.15) is 11.4 Å². The van der Waals surface area contributed by atoms with E-state index >= 15 is 0 Å². The van der Waals surface area contributed by atoms with Crippen molar-refractivity contribution in [1.82, 2.24) is 14.7 Å². The van der Waals surface area contributed by atoms with Crippen molar-refractivity contribution in [2.24, 2.45) is 7.05 Å². The summed E-state index contributed by atoms with van der Waals surface area (Å²) in [5.41, 5.74) is 0.862. The normalized spacial score (nSPS) is 11.7. The van der Waals surface area contributed by atoms with Crippen LogP contribution < -0.4 is 21.8 Å². The first kappa shape index (κ1) is 23.6. The minimum absolute atomic E-state index is 0.0414. The molecule has 174 valence electrons. The second-order valence-electron chi connectivity index (χ2n) is 8.05. The zero-order valence-corrected chi connectivity index (χ0v) is 19.4. The van der Waals surface area contributed by atoms with Crippen LogP contribution in [0.15, 0.2) is 52.1 Å². The van der Waals surface area contributed by atoms with E-state index in [1.807, 2.05) is 37.3 Å². The van der Waals surface area contributed by atoms with E-state index in [1.165, 1.54) is 18.0 Å². The lowest BCUT2D eigenvalue weighted by Crippen LogP contribution is -2.32. The smallest absolute Gasteiger partial charge is 0.290 e. The van der Waals surface area contributed by atoms with Crippen LogP contribution in [0, 0.1) is 6.92 Å². The van der Waals surface area contributed by atoms with Crippen LogP contribution in [0.5, 0.6) is 5.75 Å². The molecule has 3 rings (SSSR count). The summed E-state index contributed by atoms with van der Waals surface area (Å²) >= 11 is 0. The van der Waals surface area contributed by atoms with Crippen LogP contribution >= 0.6 is 0 Å². The summed E-state index contributed by atoms with van der Waals surface area (Å²) < 4.78 is 1.10. The molecule has 0 saturated heterocycles. The molecule has 33 heavy (non-hydrogen) atoms. The molecule has 0 aliphatic carbocycles. The molecule has 2 aromatic carbocycles. The Morgan fingerprint density at radius 3 is 2.36 bits per heavy atom. The fourth-order valence-corrected chi connectivity index (χ4v) is 3.57. The van der Waals surface area contributed by atoms with E-state index in [0.29, 0.717) is 12.0 Å². The molecule has 4 N–H and O–H groups in total. The third-order valence-corrected chi connectivity index (χ3v) is 5.47. The van der Waals surface area contributed by atoms with Gasteiger partial charge in [0.25, 0.3) is 17.0 Å². The Kier molecular flexibility index (Phi) is 6.91. The average Bonchev–Trinajstić information content (AvgIpc) is 2.79. The molecule has 0 bridgehead atoms. The number of nitrogens with one attached hydrogen (secondary N) is 3. The Bertz CT molecular complexity index is 1280. The Morgan fingerprint density at radius 2 is 1.76 bits per heavy atom. The van der Waals surface area contributed by atoms with Gasteiger partial charge in [0.05, 0.1) is 17.3 Å². The number of nitrogens with zero attached hydrogens (tertiary/aromatic N) is 2. The zero-order valence-electron chi connectivity index (χ0n) is 19.4. The molecule has 0 spiro atoms. The first-order chi connectivity index (χ1) is 15.6. The number of rotatable bonds is 7. The molecule has 1 aromatic heterocycles. The Balaban J connectivity index is 2.13. The van der Waals surface area contributed by atoms with E-state index in [0.717, 1.165) is 10.2 Å². The minimum atomic E-state index is -0.550. The summed E-state index contributed by atoms with van der Waals surface area (Å²) in [6.07, 6.45) is 0.663. The minimum Gasteiger partial charge on any atom is -0.505 e. The molecule has 3 aromatic rings. The molecular weight excluding hydrogens is 422 g/mol. The van der Waals surface area contributed by atoms with Gasteiger partial charge < -0.3 is 20.6 Å².